The summed E-state index contributed by atoms with van der Waals surface area (Å²) in [7, 11) is 3.11. The number of aliphatic imine (C=N–C) groups is 1. The predicted octanol–water partition coefficient (Wildman–Crippen LogP) is 2.31. The van der Waals surface area contributed by atoms with Gasteiger partial charge < -0.3 is 24.4 Å². The van der Waals surface area contributed by atoms with Crippen LogP contribution < -0.4 is 10.1 Å². The molecule has 0 aliphatic carbocycles. The molecule has 7 heteroatoms. The van der Waals surface area contributed by atoms with Crippen molar-refractivity contribution in [1.29, 1.82) is 0 Å². The van der Waals surface area contributed by atoms with Crippen LogP contribution in [0.1, 0.15) is 25.8 Å². The molecule has 1 saturated heterocycles. The minimum absolute atomic E-state index is 0.0957. The molecule has 1 aromatic rings. The summed E-state index contributed by atoms with van der Waals surface area (Å²) in [6.07, 6.45) is 0.842. The lowest BCUT2D eigenvalue weighted by molar-refractivity contribution is -0.145. The van der Waals surface area contributed by atoms with Crippen LogP contribution in [0.5, 0.6) is 5.75 Å². The molecule has 1 aliphatic heterocycles. The second kappa shape index (κ2) is 11.5. The molecule has 0 aromatic heterocycles. The molecule has 0 saturated carbocycles. The lowest BCUT2D eigenvalue weighted by Crippen LogP contribution is -2.40. The van der Waals surface area contributed by atoms with Gasteiger partial charge in [0.1, 0.15) is 5.75 Å². The smallest absolute Gasteiger partial charge is 0.310 e. The first-order valence-corrected chi connectivity index (χ1v) is 9.90. The second-order valence-electron chi connectivity index (χ2n) is 7.00. The molecule has 1 aliphatic rings. The van der Waals surface area contributed by atoms with Gasteiger partial charge in [-0.2, -0.15) is 0 Å². The van der Waals surface area contributed by atoms with Crippen molar-refractivity contribution in [3.63, 3.8) is 0 Å². The number of carbonyl (C=O) groups excluding carboxylic acids is 1. The summed E-state index contributed by atoms with van der Waals surface area (Å²) >= 11 is 0. The lowest BCUT2D eigenvalue weighted by Gasteiger charge is -2.21. The number of esters is 1. The van der Waals surface area contributed by atoms with Gasteiger partial charge in [-0.25, -0.2) is 0 Å². The van der Waals surface area contributed by atoms with E-state index in [9.17, 15) is 4.79 Å². The molecule has 7 nitrogen and oxygen atoms in total. The number of hydrogen-bond acceptors (Lipinski definition) is 5. The highest BCUT2D eigenvalue weighted by Gasteiger charge is 2.36. The summed E-state index contributed by atoms with van der Waals surface area (Å²) in [5.74, 6) is 1.72. The van der Waals surface area contributed by atoms with Gasteiger partial charge in [-0.1, -0.05) is 19.1 Å². The van der Waals surface area contributed by atoms with Crippen molar-refractivity contribution in [2.24, 2.45) is 16.8 Å². The molecule has 1 aromatic carbocycles. The maximum absolute atomic E-state index is 11.9. The van der Waals surface area contributed by atoms with Gasteiger partial charge in [0.25, 0.3) is 0 Å². The van der Waals surface area contributed by atoms with Crippen molar-refractivity contribution in [2.75, 3.05) is 47.0 Å². The van der Waals surface area contributed by atoms with Crippen molar-refractivity contribution in [1.82, 2.24) is 10.2 Å². The summed E-state index contributed by atoms with van der Waals surface area (Å²) in [5, 5.41) is 3.32. The zero-order valence-corrected chi connectivity index (χ0v) is 17.4. The van der Waals surface area contributed by atoms with E-state index in [0.29, 0.717) is 26.3 Å². The van der Waals surface area contributed by atoms with Crippen molar-refractivity contribution in [2.45, 2.75) is 26.9 Å². The molecule has 0 amide bonds. The van der Waals surface area contributed by atoms with E-state index in [1.807, 2.05) is 31.2 Å². The number of guanidine groups is 1. The fourth-order valence-electron chi connectivity index (χ4n) is 3.29. The Kier molecular flexibility index (Phi) is 9.07. The highest BCUT2D eigenvalue weighted by molar-refractivity contribution is 5.82. The molecule has 156 valence electrons. The van der Waals surface area contributed by atoms with Crippen LogP contribution in [0, 0.1) is 11.8 Å². The number of methoxy groups -OCH3 is 2. The molecule has 2 unspecified atom stereocenters. The maximum atomic E-state index is 11.9. The van der Waals surface area contributed by atoms with Crippen molar-refractivity contribution >= 4 is 11.9 Å². The normalized spacial score (nSPS) is 19.6. The van der Waals surface area contributed by atoms with Gasteiger partial charge in [-0.05, 0) is 37.0 Å². The second-order valence-corrected chi connectivity index (χ2v) is 7.00. The Labute approximate surface area is 168 Å². The summed E-state index contributed by atoms with van der Waals surface area (Å²) < 4.78 is 15.8. The fourth-order valence-corrected chi connectivity index (χ4v) is 3.29. The maximum Gasteiger partial charge on any atom is 0.310 e. The fraction of sp³-hybridized carbons (Fsp3) is 0.619. The molecular weight excluding hydrogens is 358 g/mol. The van der Waals surface area contributed by atoms with Crippen LogP contribution in [0.3, 0.4) is 0 Å². The molecule has 28 heavy (non-hydrogen) atoms. The Morgan fingerprint density at radius 1 is 1.25 bits per heavy atom. The zero-order valence-electron chi connectivity index (χ0n) is 17.4. The van der Waals surface area contributed by atoms with Gasteiger partial charge in [0.2, 0.25) is 0 Å². The summed E-state index contributed by atoms with van der Waals surface area (Å²) in [6.45, 7) is 8.28. The van der Waals surface area contributed by atoms with Gasteiger partial charge in [-0.3, -0.25) is 9.79 Å². The van der Waals surface area contributed by atoms with E-state index < -0.39 is 0 Å². The van der Waals surface area contributed by atoms with Gasteiger partial charge in [-0.15, -0.1) is 0 Å². The number of benzene rings is 1. The van der Waals surface area contributed by atoms with Gasteiger partial charge >= 0.3 is 5.97 Å². The average molecular weight is 392 g/mol. The van der Waals surface area contributed by atoms with Crippen LogP contribution in [0.15, 0.2) is 29.3 Å². The third-order valence-electron chi connectivity index (χ3n) is 4.89. The van der Waals surface area contributed by atoms with E-state index in [1.165, 1.54) is 7.11 Å². The van der Waals surface area contributed by atoms with E-state index in [-0.39, 0.29) is 17.8 Å². The molecule has 0 bridgehead atoms. The van der Waals surface area contributed by atoms with Gasteiger partial charge in [0, 0.05) is 32.8 Å². The first-order chi connectivity index (χ1) is 13.6. The number of carbonyl (C=O) groups is 1. The minimum atomic E-state index is -0.141. The van der Waals surface area contributed by atoms with Crippen LogP contribution in [0.25, 0.3) is 0 Å². The van der Waals surface area contributed by atoms with E-state index >= 15 is 0 Å². The Balaban J connectivity index is 1.75. The first-order valence-electron chi connectivity index (χ1n) is 9.90. The van der Waals surface area contributed by atoms with Gasteiger partial charge in [0.15, 0.2) is 5.96 Å². The quantitative estimate of drug-likeness (QED) is 0.301. The van der Waals surface area contributed by atoms with Crippen molar-refractivity contribution in [3.8, 4) is 5.75 Å². The first kappa shape index (κ1) is 22.0. The third-order valence-corrected chi connectivity index (χ3v) is 4.89. The summed E-state index contributed by atoms with van der Waals surface area (Å²) in [6, 6.07) is 7.88. The third kappa shape index (κ3) is 6.41. The predicted molar refractivity (Wildman–Crippen MR) is 109 cm³/mol. The highest BCUT2D eigenvalue weighted by Crippen LogP contribution is 2.24. The summed E-state index contributed by atoms with van der Waals surface area (Å²) in [4.78, 5) is 18.7. The molecule has 1 heterocycles. The Bertz CT molecular complexity index is 633. The van der Waals surface area contributed by atoms with E-state index in [4.69, 9.17) is 19.2 Å². The van der Waals surface area contributed by atoms with E-state index in [1.54, 1.807) is 7.11 Å². The molecule has 0 radical (unpaired) electrons. The molecule has 1 N–H and O–H groups in total. The number of nitrogens with one attached hydrogen (secondary N) is 1. The van der Waals surface area contributed by atoms with Crippen LogP contribution in [0.2, 0.25) is 0 Å². The van der Waals surface area contributed by atoms with Crippen LogP contribution in [0.4, 0.5) is 0 Å². The van der Waals surface area contributed by atoms with Crippen molar-refractivity contribution in [3.05, 3.63) is 29.8 Å². The Morgan fingerprint density at radius 3 is 2.64 bits per heavy atom. The van der Waals surface area contributed by atoms with Crippen molar-refractivity contribution < 1.29 is 19.0 Å². The van der Waals surface area contributed by atoms with E-state index in [2.05, 4.69) is 17.1 Å². The van der Waals surface area contributed by atoms with Crippen LogP contribution in [-0.4, -0.2) is 63.8 Å². The SMILES string of the molecule is CCNC(=NCCCOCc1ccc(OC)cc1)N1CC(C)C(C(=O)OC)C1. The zero-order chi connectivity index (χ0) is 20.4. The Morgan fingerprint density at radius 2 is 2.00 bits per heavy atom. The number of rotatable bonds is 9. The monoisotopic (exact) mass is 391 g/mol. The highest BCUT2D eigenvalue weighted by atomic mass is 16.5. The number of ether oxygens (including phenoxy) is 3. The number of hydrogen-bond donors (Lipinski definition) is 1. The molecule has 0 spiro atoms. The summed E-state index contributed by atoms with van der Waals surface area (Å²) in [5.41, 5.74) is 1.12. The molecular formula is C21H33N3O4. The molecule has 2 atom stereocenters. The average Bonchev–Trinajstić information content (AvgIpc) is 3.11. The number of nitrogens with zero attached hydrogens (tertiary/aromatic N) is 2. The Hall–Kier alpha value is -2.28. The standard InChI is InChI=1S/C21H33N3O4/c1-5-22-21(24-13-16(2)19(14-24)20(25)27-4)23-11-6-12-28-15-17-7-9-18(26-3)10-8-17/h7-10,16,19H,5-6,11-15H2,1-4H3,(H,22,23). The molecule has 2 rings (SSSR count). The largest absolute Gasteiger partial charge is 0.497 e. The van der Waals surface area contributed by atoms with Gasteiger partial charge in [0.05, 0.1) is 26.7 Å². The van der Waals surface area contributed by atoms with E-state index in [0.717, 1.165) is 36.8 Å². The molecule has 1 fully saturated rings. The number of likely N-dealkylation sites (tertiary alicyclic amines) is 1. The minimum Gasteiger partial charge on any atom is -0.497 e. The lowest BCUT2D eigenvalue weighted by atomic mass is 9.99. The van der Waals surface area contributed by atoms with Crippen LogP contribution >= 0.6 is 0 Å². The van der Waals surface area contributed by atoms with Crippen LogP contribution in [-0.2, 0) is 20.9 Å². The topological polar surface area (TPSA) is 72.4 Å².